The molecule has 1 aliphatic rings. The first-order valence-corrected chi connectivity index (χ1v) is 9.07. The summed E-state index contributed by atoms with van der Waals surface area (Å²) >= 11 is 0. The number of nitrogens with two attached hydrogens (primary N) is 1. The molecule has 2 aromatic rings. The fourth-order valence-electron chi connectivity index (χ4n) is 3.58. The van der Waals surface area contributed by atoms with Gasteiger partial charge in [0, 0.05) is 31.9 Å². The topological polar surface area (TPSA) is 49.6 Å². The lowest BCUT2D eigenvalue weighted by molar-refractivity contribution is 0.0740. The van der Waals surface area contributed by atoms with Crippen LogP contribution in [0, 0.1) is 5.92 Å². The third-order valence-corrected chi connectivity index (χ3v) is 4.96. The van der Waals surface area contributed by atoms with Crippen molar-refractivity contribution in [1.29, 1.82) is 0 Å². The molecule has 2 aromatic carbocycles. The van der Waals surface area contributed by atoms with Crippen molar-refractivity contribution in [3.63, 3.8) is 0 Å². The number of para-hydroxylation sites is 1. The number of halogens is 2. The van der Waals surface area contributed by atoms with E-state index in [1.54, 1.807) is 6.07 Å². The molecule has 1 saturated heterocycles. The Morgan fingerprint density at radius 3 is 2.44 bits per heavy atom. The quantitative estimate of drug-likeness (QED) is 0.730. The summed E-state index contributed by atoms with van der Waals surface area (Å²) in [5.41, 5.74) is 8.50. The number of likely N-dealkylation sites (tertiary alicyclic amines) is 1. The molecule has 27 heavy (non-hydrogen) atoms. The smallest absolute Gasteiger partial charge is 0.255 e. The van der Waals surface area contributed by atoms with Crippen LogP contribution in [0.3, 0.4) is 0 Å². The molecule has 3 rings (SSSR count). The van der Waals surface area contributed by atoms with Crippen LogP contribution in [0.1, 0.15) is 29.3 Å². The molecule has 0 spiro atoms. The van der Waals surface area contributed by atoms with Crippen LogP contribution >= 0.6 is 24.8 Å². The Bertz CT molecular complexity index is 712. The van der Waals surface area contributed by atoms with Gasteiger partial charge in [-0.2, -0.15) is 0 Å². The van der Waals surface area contributed by atoms with E-state index >= 15 is 0 Å². The van der Waals surface area contributed by atoms with Crippen LogP contribution in [0.25, 0.3) is 0 Å². The molecule has 0 saturated carbocycles. The van der Waals surface area contributed by atoms with Gasteiger partial charge in [0.05, 0.1) is 5.56 Å². The fourth-order valence-corrected chi connectivity index (χ4v) is 3.58. The second-order valence-electron chi connectivity index (χ2n) is 6.81. The predicted octanol–water partition coefficient (Wildman–Crippen LogP) is 4.10. The lowest BCUT2D eigenvalue weighted by Gasteiger charge is -2.25. The second-order valence-corrected chi connectivity index (χ2v) is 6.81. The third-order valence-electron chi connectivity index (χ3n) is 4.96. The van der Waals surface area contributed by atoms with E-state index in [-0.39, 0.29) is 30.7 Å². The average Bonchev–Trinajstić information content (AvgIpc) is 3.07. The highest BCUT2D eigenvalue weighted by molar-refractivity contribution is 5.99. The van der Waals surface area contributed by atoms with E-state index in [0.717, 1.165) is 32.6 Å². The maximum atomic E-state index is 12.8. The summed E-state index contributed by atoms with van der Waals surface area (Å²) in [6.07, 6.45) is 1.14. The van der Waals surface area contributed by atoms with Crippen LogP contribution < -0.4 is 5.73 Å². The van der Waals surface area contributed by atoms with Gasteiger partial charge in [-0.3, -0.25) is 9.69 Å². The summed E-state index contributed by atoms with van der Waals surface area (Å²) in [7, 11) is 0. The molecule has 4 nitrogen and oxygen atoms in total. The van der Waals surface area contributed by atoms with E-state index < -0.39 is 0 Å². The number of nitrogens with zero attached hydrogens (tertiary/aromatic N) is 2. The molecule has 0 bridgehead atoms. The van der Waals surface area contributed by atoms with Gasteiger partial charge in [0.1, 0.15) is 0 Å². The van der Waals surface area contributed by atoms with Crippen molar-refractivity contribution in [1.82, 2.24) is 9.80 Å². The average molecular weight is 410 g/mol. The molecule has 6 heteroatoms. The van der Waals surface area contributed by atoms with Crippen LogP contribution in [0.5, 0.6) is 0 Å². The molecule has 0 aromatic heterocycles. The first kappa shape index (κ1) is 23.3. The van der Waals surface area contributed by atoms with Gasteiger partial charge in [0.25, 0.3) is 5.91 Å². The normalized spacial score (nSPS) is 16.3. The van der Waals surface area contributed by atoms with Gasteiger partial charge < -0.3 is 10.6 Å². The van der Waals surface area contributed by atoms with Crippen LogP contribution in [0.15, 0.2) is 54.6 Å². The van der Waals surface area contributed by atoms with Crippen LogP contribution in [0.2, 0.25) is 0 Å². The molecule has 2 N–H and O–H groups in total. The van der Waals surface area contributed by atoms with E-state index in [2.05, 4.69) is 35.2 Å². The highest BCUT2D eigenvalue weighted by Crippen LogP contribution is 2.21. The van der Waals surface area contributed by atoms with Gasteiger partial charge in [-0.25, -0.2) is 0 Å². The number of amides is 1. The number of carbonyl (C=O) groups excluding carboxylic acids is 1. The zero-order valence-electron chi connectivity index (χ0n) is 15.7. The third kappa shape index (κ3) is 6.13. The largest absolute Gasteiger partial charge is 0.398 e. The Hall–Kier alpha value is -1.75. The Kier molecular flexibility index (Phi) is 9.64. The molecule has 0 aliphatic carbocycles. The van der Waals surface area contributed by atoms with Gasteiger partial charge >= 0.3 is 0 Å². The SMILES string of the molecule is CCN(CC1CCN(Cc2ccccc2)C1)C(=O)c1ccccc1N.Cl.Cl. The van der Waals surface area contributed by atoms with Crippen LogP contribution in [-0.2, 0) is 6.54 Å². The first-order valence-electron chi connectivity index (χ1n) is 9.07. The van der Waals surface area contributed by atoms with Gasteiger partial charge in [-0.05, 0) is 43.5 Å². The molecular weight excluding hydrogens is 381 g/mol. The highest BCUT2D eigenvalue weighted by Gasteiger charge is 2.26. The first-order chi connectivity index (χ1) is 12.2. The molecule has 1 unspecified atom stereocenters. The van der Waals surface area contributed by atoms with Gasteiger partial charge in [-0.1, -0.05) is 42.5 Å². The van der Waals surface area contributed by atoms with Gasteiger partial charge in [0.2, 0.25) is 0 Å². The Labute approximate surface area is 174 Å². The van der Waals surface area contributed by atoms with Crippen LogP contribution in [0.4, 0.5) is 5.69 Å². The van der Waals surface area contributed by atoms with E-state index in [0.29, 0.717) is 23.7 Å². The second kappa shape index (κ2) is 11.2. The van der Waals surface area contributed by atoms with Crippen molar-refractivity contribution in [2.45, 2.75) is 19.9 Å². The van der Waals surface area contributed by atoms with Crippen molar-refractivity contribution in [3.8, 4) is 0 Å². The predicted molar refractivity (Wildman–Crippen MR) is 117 cm³/mol. The van der Waals surface area contributed by atoms with E-state index in [4.69, 9.17) is 5.73 Å². The minimum Gasteiger partial charge on any atom is -0.398 e. The standard InChI is InChI=1S/C21H27N3O.2ClH/c1-2-24(21(25)19-10-6-7-11-20(19)22)16-18-12-13-23(15-18)14-17-8-4-3-5-9-17;;/h3-11,18H,2,12-16,22H2,1H3;2*1H. The van der Waals surface area contributed by atoms with Crippen molar-refractivity contribution in [2.75, 3.05) is 31.9 Å². The summed E-state index contributed by atoms with van der Waals surface area (Å²) in [6.45, 7) is 6.68. The van der Waals surface area contributed by atoms with E-state index in [9.17, 15) is 4.79 Å². The molecule has 148 valence electrons. The van der Waals surface area contributed by atoms with Gasteiger partial charge in [-0.15, -0.1) is 24.8 Å². The Balaban J connectivity index is 0.00000182. The molecule has 0 radical (unpaired) electrons. The van der Waals surface area contributed by atoms with Crippen molar-refractivity contribution in [2.24, 2.45) is 5.92 Å². The molecular formula is C21H29Cl2N3O. The zero-order valence-corrected chi connectivity index (χ0v) is 17.3. The maximum absolute atomic E-state index is 12.8. The number of hydrogen-bond acceptors (Lipinski definition) is 3. The zero-order chi connectivity index (χ0) is 17.6. The fraction of sp³-hybridized carbons (Fsp3) is 0.381. The molecule has 1 amide bonds. The number of carbonyl (C=O) groups is 1. The highest BCUT2D eigenvalue weighted by atomic mass is 35.5. The number of benzene rings is 2. The molecule has 1 fully saturated rings. The summed E-state index contributed by atoms with van der Waals surface area (Å²) in [5.74, 6) is 0.569. The molecule has 1 aliphatic heterocycles. The number of rotatable bonds is 6. The molecule has 1 heterocycles. The number of hydrogen-bond donors (Lipinski definition) is 1. The lowest BCUT2D eigenvalue weighted by atomic mass is 10.1. The lowest BCUT2D eigenvalue weighted by Crippen LogP contribution is -2.36. The van der Waals surface area contributed by atoms with E-state index in [1.165, 1.54) is 5.56 Å². The van der Waals surface area contributed by atoms with Crippen LogP contribution in [-0.4, -0.2) is 41.9 Å². The van der Waals surface area contributed by atoms with Crippen molar-refractivity contribution >= 4 is 36.4 Å². The summed E-state index contributed by atoms with van der Waals surface area (Å²) < 4.78 is 0. The summed E-state index contributed by atoms with van der Waals surface area (Å²) in [4.78, 5) is 17.2. The Morgan fingerprint density at radius 1 is 1.11 bits per heavy atom. The maximum Gasteiger partial charge on any atom is 0.255 e. The van der Waals surface area contributed by atoms with Gasteiger partial charge in [0.15, 0.2) is 0 Å². The minimum absolute atomic E-state index is 0. The van der Waals surface area contributed by atoms with E-state index in [1.807, 2.05) is 30.0 Å². The van der Waals surface area contributed by atoms with Crippen molar-refractivity contribution in [3.05, 3.63) is 65.7 Å². The Morgan fingerprint density at radius 2 is 1.78 bits per heavy atom. The summed E-state index contributed by atoms with van der Waals surface area (Å²) in [6, 6.07) is 17.9. The molecule has 1 atom stereocenters. The van der Waals surface area contributed by atoms with Crippen molar-refractivity contribution < 1.29 is 4.79 Å². The summed E-state index contributed by atoms with van der Waals surface area (Å²) in [5, 5.41) is 0. The number of anilines is 1. The number of nitrogen functional groups attached to an aromatic ring is 1. The minimum atomic E-state index is 0. The monoisotopic (exact) mass is 409 g/mol.